The van der Waals surface area contributed by atoms with Crippen LogP contribution in [0.5, 0.6) is 0 Å². The Morgan fingerprint density at radius 2 is 1.73 bits per heavy atom. The monoisotopic (exact) mass is 361 g/mol. The highest BCUT2D eigenvalue weighted by atomic mass is 16.5. The maximum Gasteiger partial charge on any atom is 0.310 e. The maximum atomic E-state index is 12.6. The molecule has 0 saturated carbocycles. The summed E-state index contributed by atoms with van der Waals surface area (Å²) in [6.07, 6.45) is 4.55. The Balaban J connectivity index is 2.60. The van der Waals surface area contributed by atoms with Crippen molar-refractivity contribution in [2.24, 2.45) is 5.92 Å². The minimum Gasteiger partial charge on any atom is -0.469 e. The summed E-state index contributed by atoms with van der Waals surface area (Å²) >= 11 is 0. The Morgan fingerprint density at radius 1 is 1.04 bits per heavy atom. The number of esters is 1. The molecule has 0 radical (unpaired) electrons. The van der Waals surface area contributed by atoms with Crippen LogP contribution in [0.4, 0.5) is 0 Å². The van der Waals surface area contributed by atoms with Crippen LogP contribution in [0.2, 0.25) is 0 Å². The van der Waals surface area contributed by atoms with Crippen LogP contribution in [-0.2, 0) is 14.3 Å². The van der Waals surface area contributed by atoms with Gasteiger partial charge in [0.1, 0.15) is 0 Å². The molecule has 0 saturated heterocycles. The molecular weight excluding hydrogens is 330 g/mol. The summed E-state index contributed by atoms with van der Waals surface area (Å²) in [5.41, 5.74) is 0.623. The minimum absolute atomic E-state index is 0.0362. The lowest BCUT2D eigenvalue weighted by Gasteiger charge is -2.25. The average Bonchev–Trinajstić information content (AvgIpc) is 2.67. The summed E-state index contributed by atoms with van der Waals surface area (Å²) in [7, 11) is 1.35. The third kappa shape index (κ3) is 7.81. The number of Topliss-reactive ketones (excluding diaryl/α,β-unsaturated/α-hetero) is 1. The van der Waals surface area contributed by atoms with E-state index in [9.17, 15) is 14.4 Å². The Morgan fingerprint density at radius 3 is 2.35 bits per heavy atom. The van der Waals surface area contributed by atoms with Gasteiger partial charge in [-0.2, -0.15) is 0 Å². The van der Waals surface area contributed by atoms with E-state index in [1.54, 1.807) is 24.0 Å². The van der Waals surface area contributed by atoms with Crippen molar-refractivity contribution in [3.05, 3.63) is 35.9 Å². The van der Waals surface area contributed by atoms with Crippen molar-refractivity contribution in [2.45, 2.75) is 52.4 Å². The molecule has 1 amide bonds. The summed E-state index contributed by atoms with van der Waals surface area (Å²) in [6.45, 7) is 4.83. The first kappa shape index (κ1) is 21.9. The van der Waals surface area contributed by atoms with Gasteiger partial charge in [0.25, 0.3) is 0 Å². The van der Waals surface area contributed by atoms with Gasteiger partial charge in [0, 0.05) is 31.5 Å². The van der Waals surface area contributed by atoms with E-state index in [0.717, 1.165) is 25.7 Å². The number of ketones is 1. The normalized spacial score (nSPS) is 11.7. The lowest BCUT2D eigenvalue weighted by molar-refractivity contribution is -0.146. The van der Waals surface area contributed by atoms with E-state index in [-0.39, 0.29) is 36.4 Å². The highest BCUT2D eigenvalue weighted by Crippen LogP contribution is 2.11. The highest BCUT2D eigenvalue weighted by Gasteiger charge is 2.21. The van der Waals surface area contributed by atoms with E-state index in [2.05, 4.69) is 6.92 Å². The molecule has 0 heterocycles. The molecule has 5 heteroatoms. The van der Waals surface area contributed by atoms with E-state index in [1.807, 2.05) is 18.2 Å². The lowest BCUT2D eigenvalue weighted by Crippen LogP contribution is -2.38. The van der Waals surface area contributed by atoms with Crippen LogP contribution < -0.4 is 0 Å². The molecule has 1 atom stereocenters. The molecule has 0 bridgehead atoms. The Hall–Kier alpha value is -2.17. The number of amides is 1. The molecule has 0 aliphatic rings. The van der Waals surface area contributed by atoms with Gasteiger partial charge >= 0.3 is 5.97 Å². The van der Waals surface area contributed by atoms with Crippen molar-refractivity contribution < 1.29 is 19.1 Å². The molecule has 0 N–H and O–H groups in total. The number of nitrogens with zero attached hydrogens (tertiary/aromatic N) is 1. The SMILES string of the molecule is CCCCCCN(CC(C)C(=O)OC)C(=O)CCC(=O)c1ccccc1. The van der Waals surface area contributed by atoms with Crippen LogP contribution in [0.25, 0.3) is 0 Å². The molecule has 1 aromatic carbocycles. The molecule has 1 aromatic rings. The van der Waals surface area contributed by atoms with E-state index in [1.165, 1.54) is 7.11 Å². The van der Waals surface area contributed by atoms with E-state index >= 15 is 0 Å². The van der Waals surface area contributed by atoms with Crippen LogP contribution in [0.15, 0.2) is 30.3 Å². The summed E-state index contributed by atoms with van der Waals surface area (Å²) in [5, 5.41) is 0. The van der Waals surface area contributed by atoms with Gasteiger partial charge in [0.15, 0.2) is 5.78 Å². The van der Waals surface area contributed by atoms with Gasteiger partial charge in [-0.15, -0.1) is 0 Å². The van der Waals surface area contributed by atoms with Gasteiger partial charge in [0.2, 0.25) is 5.91 Å². The second-order valence-corrected chi connectivity index (χ2v) is 6.61. The summed E-state index contributed by atoms with van der Waals surface area (Å²) in [5.74, 6) is -0.816. The predicted molar refractivity (Wildman–Crippen MR) is 102 cm³/mol. The Bertz CT molecular complexity index is 571. The number of carbonyl (C=O) groups is 3. The van der Waals surface area contributed by atoms with Crippen LogP contribution in [-0.4, -0.2) is 42.8 Å². The van der Waals surface area contributed by atoms with Gasteiger partial charge in [-0.25, -0.2) is 0 Å². The third-order valence-corrected chi connectivity index (χ3v) is 4.39. The number of hydrogen-bond acceptors (Lipinski definition) is 4. The van der Waals surface area contributed by atoms with E-state index < -0.39 is 0 Å². The molecule has 0 spiro atoms. The zero-order valence-corrected chi connectivity index (χ0v) is 16.2. The summed E-state index contributed by atoms with van der Waals surface area (Å²) < 4.78 is 4.76. The quantitative estimate of drug-likeness (QED) is 0.322. The first-order chi connectivity index (χ1) is 12.5. The number of ether oxygens (including phenoxy) is 1. The largest absolute Gasteiger partial charge is 0.469 e. The van der Waals surface area contributed by atoms with E-state index in [0.29, 0.717) is 18.7 Å². The lowest BCUT2D eigenvalue weighted by atomic mass is 10.1. The van der Waals surface area contributed by atoms with Crippen LogP contribution in [0, 0.1) is 5.92 Å². The summed E-state index contributed by atoms with van der Waals surface area (Å²) in [6, 6.07) is 9.00. The van der Waals surface area contributed by atoms with E-state index in [4.69, 9.17) is 4.74 Å². The van der Waals surface area contributed by atoms with Crippen molar-refractivity contribution in [1.82, 2.24) is 4.90 Å². The molecule has 144 valence electrons. The van der Waals surface area contributed by atoms with Crippen LogP contribution >= 0.6 is 0 Å². The molecule has 5 nitrogen and oxygen atoms in total. The molecule has 0 aliphatic carbocycles. The van der Waals surface area contributed by atoms with Crippen molar-refractivity contribution in [3.63, 3.8) is 0 Å². The number of rotatable bonds is 12. The molecule has 1 unspecified atom stereocenters. The van der Waals surface area contributed by atoms with Crippen LogP contribution in [0.3, 0.4) is 0 Å². The van der Waals surface area contributed by atoms with Gasteiger partial charge in [-0.1, -0.05) is 63.4 Å². The second-order valence-electron chi connectivity index (χ2n) is 6.61. The Labute approximate surface area is 156 Å². The number of methoxy groups -OCH3 is 1. The Kier molecular flexibility index (Phi) is 10.3. The number of unbranched alkanes of at least 4 members (excludes halogenated alkanes) is 3. The van der Waals surface area contributed by atoms with Gasteiger partial charge in [0.05, 0.1) is 13.0 Å². The smallest absolute Gasteiger partial charge is 0.310 e. The standard InChI is InChI=1S/C21H31NO4/c1-4-5-6-10-15-22(16-17(2)21(25)26-3)20(24)14-13-19(23)18-11-8-7-9-12-18/h7-9,11-12,17H,4-6,10,13-16H2,1-3H3. The van der Waals surface area contributed by atoms with Crippen molar-refractivity contribution >= 4 is 17.7 Å². The second kappa shape index (κ2) is 12.2. The molecule has 0 fully saturated rings. The number of benzene rings is 1. The van der Waals surface area contributed by atoms with Gasteiger partial charge in [-0.3, -0.25) is 14.4 Å². The fraction of sp³-hybridized carbons (Fsp3) is 0.571. The first-order valence-corrected chi connectivity index (χ1v) is 9.43. The molecule has 1 rings (SSSR count). The third-order valence-electron chi connectivity index (χ3n) is 4.39. The number of hydrogen-bond donors (Lipinski definition) is 0. The number of carbonyl (C=O) groups excluding carboxylic acids is 3. The average molecular weight is 361 g/mol. The van der Waals surface area contributed by atoms with Crippen LogP contribution in [0.1, 0.15) is 62.7 Å². The van der Waals surface area contributed by atoms with Gasteiger partial charge < -0.3 is 9.64 Å². The first-order valence-electron chi connectivity index (χ1n) is 9.43. The highest BCUT2D eigenvalue weighted by molar-refractivity contribution is 5.97. The fourth-order valence-corrected chi connectivity index (χ4v) is 2.80. The molecule has 0 aromatic heterocycles. The predicted octanol–water partition coefficient (Wildman–Crippen LogP) is 3.87. The topological polar surface area (TPSA) is 63.7 Å². The zero-order chi connectivity index (χ0) is 19.4. The van der Waals surface area contributed by atoms with Crippen molar-refractivity contribution in [3.8, 4) is 0 Å². The van der Waals surface area contributed by atoms with Crippen molar-refractivity contribution in [1.29, 1.82) is 0 Å². The molecular formula is C21H31NO4. The maximum absolute atomic E-state index is 12.6. The minimum atomic E-state index is -0.375. The van der Waals surface area contributed by atoms with Gasteiger partial charge in [-0.05, 0) is 6.42 Å². The van der Waals surface area contributed by atoms with Crippen molar-refractivity contribution in [2.75, 3.05) is 20.2 Å². The summed E-state index contributed by atoms with van der Waals surface area (Å²) in [4.78, 5) is 38.2. The molecule has 0 aliphatic heterocycles. The zero-order valence-electron chi connectivity index (χ0n) is 16.2. The fourth-order valence-electron chi connectivity index (χ4n) is 2.80. The molecule has 26 heavy (non-hydrogen) atoms.